The van der Waals surface area contributed by atoms with Crippen molar-refractivity contribution in [2.75, 3.05) is 26.7 Å². The fourth-order valence-corrected chi connectivity index (χ4v) is 2.84. The van der Waals surface area contributed by atoms with Gasteiger partial charge in [0.1, 0.15) is 0 Å². The first-order valence-corrected chi connectivity index (χ1v) is 9.72. The van der Waals surface area contributed by atoms with Gasteiger partial charge in [-0.2, -0.15) is 0 Å². The number of carbonyl (C=O) groups is 1. The maximum atomic E-state index is 11.5. The third-order valence-electron chi connectivity index (χ3n) is 4.01. The molecule has 1 aromatic rings. The molecule has 1 atom stereocenters. The van der Waals surface area contributed by atoms with E-state index in [1.54, 1.807) is 7.05 Å². The Bertz CT molecular complexity index is 560. The first-order chi connectivity index (χ1) is 12.0. The summed E-state index contributed by atoms with van der Waals surface area (Å²) in [6.45, 7) is 8.09. The van der Waals surface area contributed by atoms with Crippen molar-refractivity contribution in [1.82, 2.24) is 16.0 Å². The average molecular weight is 411 g/mol. The van der Waals surface area contributed by atoms with Gasteiger partial charge in [0.2, 0.25) is 5.91 Å². The van der Waals surface area contributed by atoms with Crippen LogP contribution in [0.5, 0.6) is 0 Å². The van der Waals surface area contributed by atoms with Crippen LogP contribution in [0.4, 0.5) is 0 Å². The van der Waals surface area contributed by atoms with Crippen molar-refractivity contribution in [1.29, 1.82) is 0 Å². The van der Waals surface area contributed by atoms with Gasteiger partial charge in [-0.3, -0.25) is 9.79 Å². The maximum absolute atomic E-state index is 11.5. The van der Waals surface area contributed by atoms with Gasteiger partial charge in [0.05, 0.1) is 0 Å². The molecular formula is C19H31BrN4O. The molecule has 25 heavy (non-hydrogen) atoms. The Kier molecular flexibility index (Phi) is 10.2. The number of aliphatic imine (C=N–C) groups is 1. The number of benzene rings is 1. The van der Waals surface area contributed by atoms with E-state index < -0.39 is 0 Å². The van der Waals surface area contributed by atoms with E-state index in [4.69, 9.17) is 0 Å². The van der Waals surface area contributed by atoms with Crippen molar-refractivity contribution in [3.8, 4) is 0 Å². The van der Waals surface area contributed by atoms with Gasteiger partial charge in [-0.05, 0) is 30.0 Å². The predicted molar refractivity (Wildman–Crippen MR) is 109 cm³/mol. The highest BCUT2D eigenvalue weighted by Crippen LogP contribution is 2.16. The molecule has 0 spiro atoms. The summed E-state index contributed by atoms with van der Waals surface area (Å²) in [6, 6.07) is 8.46. The van der Waals surface area contributed by atoms with Gasteiger partial charge in [0, 0.05) is 37.1 Å². The zero-order chi connectivity index (χ0) is 18.7. The van der Waals surface area contributed by atoms with E-state index >= 15 is 0 Å². The number of nitrogens with one attached hydrogen (secondary N) is 3. The van der Waals surface area contributed by atoms with Crippen molar-refractivity contribution in [2.45, 2.75) is 33.6 Å². The number of carbonyl (C=O) groups excluding carboxylic acids is 1. The summed E-state index contributed by atoms with van der Waals surface area (Å²) < 4.78 is 1.12. The molecule has 0 saturated carbocycles. The van der Waals surface area contributed by atoms with Crippen LogP contribution in [0.15, 0.2) is 33.7 Å². The van der Waals surface area contributed by atoms with Crippen LogP contribution in [0.2, 0.25) is 0 Å². The summed E-state index contributed by atoms with van der Waals surface area (Å²) in [6.07, 6.45) is 2.13. The molecule has 140 valence electrons. The molecule has 1 rings (SSSR count). The number of nitrogens with zero attached hydrogens (tertiary/aromatic N) is 1. The quantitative estimate of drug-likeness (QED) is 0.333. The van der Waals surface area contributed by atoms with Gasteiger partial charge in [-0.1, -0.05) is 55.3 Å². The highest BCUT2D eigenvalue weighted by atomic mass is 79.9. The van der Waals surface area contributed by atoms with Crippen molar-refractivity contribution in [2.24, 2.45) is 16.8 Å². The minimum atomic E-state index is 0.0146. The molecule has 0 aliphatic heterocycles. The minimum absolute atomic E-state index is 0.0146. The Morgan fingerprint density at radius 1 is 1.20 bits per heavy atom. The molecule has 1 amide bonds. The summed E-state index contributed by atoms with van der Waals surface area (Å²) >= 11 is 3.53. The van der Waals surface area contributed by atoms with Crippen molar-refractivity contribution in [3.05, 3.63) is 34.3 Å². The van der Waals surface area contributed by atoms with Crippen LogP contribution in [-0.2, 0) is 11.2 Å². The number of amides is 1. The standard InChI is InChI=1S/C19H31BrN4O/c1-5-15(11-16-7-6-8-17(20)12-16)13-24-19(21-4)23-10-9-22-18(25)14(2)3/h6-8,12,14-15H,5,9-11,13H2,1-4H3,(H,22,25)(H2,21,23,24). The molecule has 0 heterocycles. The molecule has 0 aromatic heterocycles. The predicted octanol–water partition coefficient (Wildman–Crippen LogP) is 2.96. The summed E-state index contributed by atoms with van der Waals surface area (Å²) in [5.74, 6) is 1.39. The van der Waals surface area contributed by atoms with E-state index in [1.807, 2.05) is 19.9 Å². The van der Waals surface area contributed by atoms with Gasteiger partial charge in [-0.25, -0.2) is 0 Å². The monoisotopic (exact) mass is 410 g/mol. The Morgan fingerprint density at radius 3 is 2.52 bits per heavy atom. The normalized spacial score (nSPS) is 12.8. The summed E-state index contributed by atoms with van der Waals surface area (Å²) in [7, 11) is 1.76. The van der Waals surface area contributed by atoms with Gasteiger partial charge < -0.3 is 16.0 Å². The Hall–Kier alpha value is -1.56. The topological polar surface area (TPSA) is 65.5 Å². The fourth-order valence-electron chi connectivity index (χ4n) is 2.39. The zero-order valence-electron chi connectivity index (χ0n) is 15.7. The lowest BCUT2D eigenvalue weighted by molar-refractivity contribution is -0.123. The highest BCUT2D eigenvalue weighted by molar-refractivity contribution is 9.10. The molecule has 1 unspecified atom stereocenters. The van der Waals surface area contributed by atoms with Crippen LogP contribution in [0.1, 0.15) is 32.8 Å². The lowest BCUT2D eigenvalue weighted by Gasteiger charge is -2.18. The average Bonchev–Trinajstić information content (AvgIpc) is 2.59. The van der Waals surface area contributed by atoms with Crippen LogP contribution < -0.4 is 16.0 Å². The Balaban J connectivity index is 2.35. The lowest BCUT2D eigenvalue weighted by Crippen LogP contribution is -2.43. The second-order valence-electron chi connectivity index (χ2n) is 6.43. The largest absolute Gasteiger partial charge is 0.356 e. The molecule has 0 aliphatic carbocycles. The summed E-state index contributed by atoms with van der Waals surface area (Å²) in [5, 5.41) is 9.50. The Labute approximate surface area is 160 Å². The minimum Gasteiger partial charge on any atom is -0.356 e. The maximum Gasteiger partial charge on any atom is 0.222 e. The number of hydrogen-bond acceptors (Lipinski definition) is 2. The van der Waals surface area contributed by atoms with E-state index in [2.05, 4.69) is 62.0 Å². The molecule has 0 fully saturated rings. The Morgan fingerprint density at radius 2 is 1.92 bits per heavy atom. The molecule has 6 heteroatoms. The van der Waals surface area contributed by atoms with Crippen LogP contribution in [0, 0.1) is 11.8 Å². The number of hydrogen-bond donors (Lipinski definition) is 3. The summed E-state index contributed by atoms with van der Waals surface area (Å²) in [4.78, 5) is 15.8. The van der Waals surface area contributed by atoms with Crippen LogP contribution >= 0.6 is 15.9 Å². The number of rotatable bonds is 9. The van der Waals surface area contributed by atoms with Crippen LogP contribution in [0.3, 0.4) is 0 Å². The van der Waals surface area contributed by atoms with Crippen molar-refractivity contribution in [3.63, 3.8) is 0 Å². The second kappa shape index (κ2) is 11.9. The third kappa shape index (κ3) is 8.91. The zero-order valence-corrected chi connectivity index (χ0v) is 17.3. The lowest BCUT2D eigenvalue weighted by atomic mass is 9.97. The van der Waals surface area contributed by atoms with Crippen molar-refractivity contribution < 1.29 is 4.79 Å². The van der Waals surface area contributed by atoms with Crippen LogP contribution in [-0.4, -0.2) is 38.5 Å². The third-order valence-corrected chi connectivity index (χ3v) is 4.51. The molecular weight excluding hydrogens is 380 g/mol. The van der Waals surface area contributed by atoms with Crippen molar-refractivity contribution >= 4 is 27.8 Å². The molecule has 0 saturated heterocycles. The molecule has 3 N–H and O–H groups in total. The SMILES string of the molecule is CCC(CNC(=NC)NCCNC(=O)C(C)C)Cc1cccc(Br)c1. The molecule has 0 radical (unpaired) electrons. The number of guanidine groups is 1. The molecule has 0 bridgehead atoms. The van der Waals surface area contributed by atoms with E-state index in [0.717, 1.165) is 29.8 Å². The summed E-state index contributed by atoms with van der Waals surface area (Å²) in [5.41, 5.74) is 1.34. The molecule has 0 aliphatic rings. The highest BCUT2D eigenvalue weighted by Gasteiger charge is 2.09. The van der Waals surface area contributed by atoms with E-state index in [-0.39, 0.29) is 11.8 Å². The smallest absolute Gasteiger partial charge is 0.222 e. The first-order valence-electron chi connectivity index (χ1n) is 8.92. The van der Waals surface area contributed by atoms with E-state index in [1.165, 1.54) is 5.56 Å². The van der Waals surface area contributed by atoms with Gasteiger partial charge in [0.25, 0.3) is 0 Å². The second-order valence-corrected chi connectivity index (χ2v) is 7.35. The van der Waals surface area contributed by atoms with Gasteiger partial charge in [0.15, 0.2) is 5.96 Å². The van der Waals surface area contributed by atoms with E-state index in [0.29, 0.717) is 19.0 Å². The van der Waals surface area contributed by atoms with Gasteiger partial charge in [-0.15, -0.1) is 0 Å². The molecule has 1 aromatic carbocycles. The van der Waals surface area contributed by atoms with Crippen LogP contribution in [0.25, 0.3) is 0 Å². The molecule has 5 nitrogen and oxygen atoms in total. The first kappa shape index (κ1) is 21.5. The van der Waals surface area contributed by atoms with Gasteiger partial charge >= 0.3 is 0 Å². The number of halogens is 1. The van der Waals surface area contributed by atoms with E-state index in [9.17, 15) is 4.79 Å². The fraction of sp³-hybridized carbons (Fsp3) is 0.579.